The number of aliphatic hydroxyl groups excluding tert-OH is 2. The zero-order chi connectivity index (χ0) is 43.0. The summed E-state index contributed by atoms with van der Waals surface area (Å²) in [6.07, 6.45) is 11.4. The first-order valence-electron chi connectivity index (χ1n) is 20.2. The molecule has 0 aliphatic carbocycles. The molecular weight excluding hydrogens is 748 g/mol. The second-order valence-corrected chi connectivity index (χ2v) is 14.8. The molecule has 0 spiro atoms. The molecule has 2 heterocycles. The Morgan fingerprint density at radius 3 is 1.47 bits per heavy atom. The van der Waals surface area contributed by atoms with Gasteiger partial charge in [-0.25, -0.2) is 0 Å². The Morgan fingerprint density at radius 1 is 0.719 bits per heavy atom. The van der Waals surface area contributed by atoms with Crippen molar-refractivity contribution in [1.29, 1.82) is 0 Å². The Labute approximate surface area is 336 Å². The van der Waals surface area contributed by atoms with Crippen LogP contribution in [0.1, 0.15) is 130 Å². The standard InChI is InChI=1S/C22H33F2NO4.C21H31F2NO4/c1-4-5-8-11-17(2)19(26)14-13-18-16-22(23,24)21(28)25(18)15-10-7-6-9-12-20(27)29-3;1-3-4-7-10-16(2)18(25)13-12-17-15-21(22,23)20(28)24(17)14-9-6-5-8-11-19(26)27/h13-14,17-19,26H,4,6-7,9-12,15-16H2,1-3H3;12-13,16-18,25H,3,5-6,8-11,14-15H2,1-2H3,(H,26,27)/b14-13+;13-12+/t17-,18-,19-;16-,17-,18-/m00/s1. The summed E-state index contributed by atoms with van der Waals surface area (Å²) in [5, 5.41) is 29.0. The van der Waals surface area contributed by atoms with Crippen LogP contribution >= 0.6 is 0 Å². The first-order valence-corrected chi connectivity index (χ1v) is 20.2. The third kappa shape index (κ3) is 19.4. The van der Waals surface area contributed by atoms with E-state index in [0.717, 1.165) is 25.7 Å². The summed E-state index contributed by atoms with van der Waals surface area (Å²) in [5.41, 5.74) is 0. The SMILES string of the molecule is CCC#CC[C@H](C)[C@@H](O)/C=C/[C@H]1CC(F)(F)C(=O)N1CCCCCCC(=O)O.CCC#CC[C@H](C)[C@@H](O)/C=C/[C@H]1CC(F)(F)C(=O)N1CCCCCCC(=O)OC. The van der Waals surface area contributed by atoms with Crippen LogP contribution in [-0.2, 0) is 23.9 Å². The molecule has 0 saturated carbocycles. The van der Waals surface area contributed by atoms with Crippen molar-refractivity contribution < 1.29 is 56.8 Å². The molecule has 14 heteroatoms. The van der Waals surface area contributed by atoms with E-state index in [4.69, 9.17) is 5.11 Å². The second kappa shape index (κ2) is 26.9. The lowest BCUT2D eigenvalue weighted by molar-refractivity contribution is -0.148. The van der Waals surface area contributed by atoms with Crippen molar-refractivity contribution in [2.75, 3.05) is 20.2 Å². The highest BCUT2D eigenvalue weighted by molar-refractivity contribution is 5.87. The lowest BCUT2D eigenvalue weighted by Crippen LogP contribution is -2.36. The van der Waals surface area contributed by atoms with Crippen molar-refractivity contribution in [3.05, 3.63) is 24.3 Å². The Balaban J connectivity index is 0.000000570. The van der Waals surface area contributed by atoms with Crippen molar-refractivity contribution in [2.45, 2.75) is 167 Å². The molecule has 2 fully saturated rings. The van der Waals surface area contributed by atoms with Gasteiger partial charge < -0.3 is 29.9 Å². The van der Waals surface area contributed by atoms with E-state index >= 15 is 0 Å². The first-order chi connectivity index (χ1) is 26.9. The van der Waals surface area contributed by atoms with Crippen LogP contribution in [0.25, 0.3) is 0 Å². The molecule has 10 nitrogen and oxygen atoms in total. The van der Waals surface area contributed by atoms with Crippen molar-refractivity contribution >= 4 is 23.8 Å². The van der Waals surface area contributed by atoms with E-state index in [0.29, 0.717) is 57.8 Å². The number of alkyl halides is 4. The van der Waals surface area contributed by atoms with Gasteiger partial charge in [-0.05, 0) is 37.5 Å². The fraction of sp³-hybridized carbons (Fsp3) is 0.721. The summed E-state index contributed by atoms with van der Waals surface area (Å²) < 4.78 is 60.2. The van der Waals surface area contributed by atoms with Crippen LogP contribution in [0, 0.1) is 35.5 Å². The van der Waals surface area contributed by atoms with Crippen molar-refractivity contribution in [3.63, 3.8) is 0 Å². The zero-order valence-electron chi connectivity index (χ0n) is 34.3. The lowest BCUT2D eigenvalue weighted by Gasteiger charge is -2.22. The summed E-state index contributed by atoms with van der Waals surface area (Å²) in [5.74, 6) is 1.34. The fourth-order valence-electron chi connectivity index (χ4n) is 6.26. The number of hydrogen-bond donors (Lipinski definition) is 3. The second-order valence-electron chi connectivity index (χ2n) is 14.8. The maximum atomic E-state index is 13.9. The zero-order valence-corrected chi connectivity index (χ0v) is 34.3. The van der Waals surface area contributed by atoms with Crippen LogP contribution in [-0.4, -0.2) is 105 Å². The average molecular weight is 813 g/mol. The summed E-state index contributed by atoms with van der Waals surface area (Å²) >= 11 is 0. The Hall–Kier alpha value is -3.88. The van der Waals surface area contributed by atoms with E-state index < -0.39 is 66.8 Å². The van der Waals surface area contributed by atoms with Crippen LogP contribution in [0.2, 0.25) is 0 Å². The van der Waals surface area contributed by atoms with Gasteiger partial charge in [0.25, 0.3) is 11.8 Å². The molecule has 0 unspecified atom stereocenters. The molecule has 2 saturated heterocycles. The van der Waals surface area contributed by atoms with E-state index in [9.17, 15) is 47.0 Å². The number of rotatable bonds is 22. The number of ether oxygens (including phenoxy) is 1. The largest absolute Gasteiger partial charge is 0.481 e. The molecule has 0 radical (unpaired) electrons. The number of aliphatic carboxylic acids is 1. The van der Waals surface area contributed by atoms with Gasteiger partial charge in [-0.3, -0.25) is 19.2 Å². The van der Waals surface area contributed by atoms with Crippen LogP contribution in [0.5, 0.6) is 0 Å². The van der Waals surface area contributed by atoms with Crippen LogP contribution in [0.15, 0.2) is 24.3 Å². The molecule has 0 aromatic rings. The minimum Gasteiger partial charge on any atom is -0.481 e. The van der Waals surface area contributed by atoms with Crippen LogP contribution < -0.4 is 0 Å². The maximum Gasteiger partial charge on any atom is 0.327 e. The summed E-state index contributed by atoms with van der Waals surface area (Å²) in [6.45, 7) is 7.99. The highest BCUT2D eigenvalue weighted by atomic mass is 19.3. The molecule has 2 rings (SSSR count). The number of likely N-dealkylation sites (tertiary alicyclic amines) is 2. The number of aliphatic hydroxyl groups is 2. The predicted octanol–water partition coefficient (Wildman–Crippen LogP) is 7.32. The highest BCUT2D eigenvalue weighted by Gasteiger charge is 2.53. The summed E-state index contributed by atoms with van der Waals surface area (Å²) in [4.78, 5) is 47.9. The first kappa shape index (κ1) is 51.1. The maximum absolute atomic E-state index is 13.9. The lowest BCUT2D eigenvalue weighted by atomic mass is 9.99. The third-order valence-electron chi connectivity index (χ3n) is 9.85. The van der Waals surface area contributed by atoms with E-state index in [1.54, 1.807) is 0 Å². The third-order valence-corrected chi connectivity index (χ3v) is 9.85. The number of methoxy groups -OCH3 is 1. The van der Waals surface area contributed by atoms with Gasteiger partial charge >= 0.3 is 23.8 Å². The van der Waals surface area contributed by atoms with E-state index in [-0.39, 0.29) is 37.3 Å². The fourth-order valence-corrected chi connectivity index (χ4v) is 6.26. The number of carbonyl (C=O) groups excluding carboxylic acids is 3. The van der Waals surface area contributed by atoms with Gasteiger partial charge in [-0.15, -0.1) is 23.7 Å². The van der Waals surface area contributed by atoms with E-state index in [1.807, 2.05) is 27.7 Å². The van der Waals surface area contributed by atoms with Crippen LogP contribution in [0.4, 0.5) is 17.6 Å². The number of halogens is 4. The number of carboxylic acid groups (broad SMARTS) is 1. The molecule has 3 N–H and O–H groups in total. The smallest absolute Gasteiger partial charge is 0.327 e. The number of esters is 1. The number of hydrogen-bond acceptors (Lipinski definition) is 7. The van der Waals surface area contributed by atoms with Crippen LogP contribution in [0.3, 0.4) is 0 Å². The van der Waals surface area contributed by atoms with Crippen molar-refractivity contribution in [1.82, 2.24) is 9.80 Å². The molecule has 6 atom stereocenters. The summed E-state index contributed by atoms with van der Waals surface area (Å²) in [7, 11) is 1.34. The topological polar surface area (TPSA) is 145 Å². The molecule has 2 amide bonds. The Kier molecular flexibility index (Phi) is 24.2. The van der Waals surface area contributed by atoms with Gasteiger partial charge in [0.15, 0.2) is 0 Å². The van der Waals surface area contributed by atoms with Gasteiger partial charge in [0.1, 0.15) is 0 Å². The average Bonchev–Trinajstić information content (AvgIpc) is 3.52. The molecule has 2 aliphatic heterocycles. The number of nitrogens with zero attached hydrogens (tertiary/aromatic N) is 2. The molecule has 0 aromatic carbocycles. The minimum absolute atomic E-state index is 0.0881. The number of carbonyl (C=O) groups is 4. The minimum atomic E-state index is -3.39. The van der Waals surface area contributed by atoms with Crippen molar-refractivity contribution in [3.8, 4) is 23.7 Å². The Morgan fingerprint density at radius 2 is 1.11 bits per heavy atom. The van der Waals surface area contributed by atoms with Gasteiger partial charge in [-0.2, -0.15) is 17.6 Å². The van der Waals surface area contributed by atoms with Gasteiger partial charge in [0, 0.05) is 64.5 Å². The monoisotopic (exact) mass is 812 g/mol. The number of unbranched alkanes of at least 4 members (excludes halogenated alkanes) is 6. The quantitative estimate of drug-likeness (QED) is 0.0340. The van der Waals surface area contributed by atoms with Gasteiger partial charge in [-0.1, -0.05) is 77.7 Å². The normalized spacial score (nSPS) is 20.6. The van der Waals surface area contributed by atoms with E-state index in [2.05, 4.69) is 28.4 Å². The molecule has 0 aromatic heterocycles. The molecule has 322 valence electrons. The van der Waals surface area contributed by atoms with Crippen molar-refractivity contribution in [2.24, 2.45) is 11.8 Å². The molecular formula is C43H64F4N2O8. The molecule has 2 aliphatic rings. The molecule has 57 heavy (non-hydrogen) atoms. The number of amides is 2. The molecule has 0 bridgehead atoms. The highest BCUT2D eigenvalue weighted by Crippen LogP contribution is 2.36. The van der Waals surface area contributed by atoms with Gasteiger partial charge in [0.2, 0.25) is 0 Å². The Bertz CT molecular complexity index is 1450. The summed E-state index contributed by atoms with van der Waals surface area (Å²) in [6, 6.07) is -1.47. The van der Waals surface area contributed by atoms with E-state index in [1.165, 1.54) is 41.2 Å². The van der Waals surface area contributed by atoms with Gasteiger partial charge in [0.05, 0.1) is 31.4 Å². The predicted molar refractivity (Wildman–Crippen MR) is 210 cm³/mol. The number of carboxylic acids is 1.